The minimum atomic E-state index is -0.499. The van der Waals surface area contributed by atoms with Gasteiger partial charge in [-0.1, -0.05) is 5.16 Å². The molecule has 0 atom stereocenters. The minimum Gasteiger partial charge on any atom is -0.457 e. The van der Waals surface area contributed by atoms with Crippen molar-refractivity contribution in [1.29, 1.82) is 0 Å². The van der Waals surface area contributed by atoms with Gasteiger partial charge in [0.1, 0.15) is 17.2 Å². The molecule has 0 aliphatic carbocycles. The van der Waals surface area contributed by atoms with E-state index in [0.29, 0.717) is 11.5 Å². The second-order valence-electron chi connectivity index (χ2n) is 4.17. The Morgan fingerprint density at radius 2 is 2.19 bits per heavy atom. The lowest BCUT2D eigenvalue weighted by Gasteiger charge is -2.09. The molecule has 0 fully saturated rings. The Kier molecular flexibility index (Phi) is 3.98. The molecule has 0 spiro atoms. The standard InChI is InChI=1S/C13H12N4O4/c1-8-2-3-9(17(19)20)6-12(8)21-10-4-5-15-11(7-10)13(14)16-18/h2-7,18H,1H3,(H2,14,16). The molecule has 108 valence electrons. The Labute approximate surface area is 119 Å². The summed E-state index contributed by atoms with van der Waals surface area (Å²) in [6.45, 7) is 1.77. The average molecular weight is 288 g/mol. The van der Waals surface area contributed by atoms with E-state index in [1.807, 2.05) is 0 Å². The summed E-state index contributed by atoms with van der Waals surface area (Å²) in [7, 11) is 0. The van der Waals surface area contributed by atoms with E-state index in [4.69, 9.17) is 15.7 Å². The van der Waals surface area contributed by atoms with Gasteiger partial charge in [0, 0.05) is 18.3 Å². The third-order valence-electron chi connectivity index (χ3n) is 2.71. The highest BCUT2D eigenvalue weighted by molar-refractivity contribution is 5.95. The Morgan fingerprint density at radius 3 is 2.86 bits per heavy atom. The molecule has 1 aromatic heterocycles. The number of oxime groups is 1. The van der Waals surface area contributed by atoms with Crippen molar-refractivity contribution < 1.29 is 14.9 Å². The van der Waals surface area contributed by atoms with Crippen LogP contribution in [0.2, 0.25) is 0 Å². The van der Waals surface area contributed by atoms with E-state index in [2.05, 4.69) is 10.1 Å². The van der Waals surface area contributed by atoms with Crippen LogP contribution in [0.5, 0.6) is 11.5 Å². The molecule has 8 nitrogen and oxygen atoms in total. The number of ether oxygens (including phenoxy) is 1. The summed E-state index contributed by atoms with van der Waals surface area (Å²) in [5.74, 6) is 0.562. The maximum atomic E-state index is 10.8. The average Bonchev–Trinajstić information content (AvgIpc) is 2.48. The fourth-order valence-electron chi connectivity index (χ4n) is 1.61. The molecule has 8 heteroatoms. The van der Waals surface area contributed by atoms with Crippen LogP contribution in [0.15, 0.2) is 41.7 Å². The molecule has 1 heterocycles. The molecular weight excluding hydrogens is 276 g/mol. The van der Waals surface area contributed by atoms with Gasteiger partial charge < -0.3 is 15.7 Å². The number of rotatable bonds is 4. The van der Waals surface area contributed by atoms with Crippen LogP contribution in [-0.4, -0.2) is 21.0 Å². The van der Waals surface area contributed by atoms with Crippen molar-refractivity contribution >= 4 is 11.5 Å². The third kappa shape index (κ3) is 3.24. The quantitative estimate of drug-likeness (QED) is 0.292. The van der Waals surface area contributed by atoms with Crippen molar-refractivity contribution in [3.63, 3.8) is 0 Å². The first kappa shape index (κ1) is 14.3. The number of amidine groups is 1. The number of nitrogens with zero attached hydrogens (tertiary/aromatic N) is 3. The molecule has 0 bridgehead atoms. The summed E-state index contributed by atoms with van der Waals surface area (Å²) >= 11 is 0. The fraction of sp³-hybridized carbons (Fsp3) is 0.0769. The van der Waals surface area contributed by atoms with Crippen LogP contribution in [0.25, 0.3) is 0 Å². The largest absolute Gasteiger partial charge is 0.457 e. The van der Waals surface area contributed by atoms with E-state index in [1.165, 1.54) is 24.4 Å². The molecule has 0 unspecified atom stereocenters. The van der Waals surface area contributed by atoms with Gasteiger partial charge in [0.05, 0.1) is 11.0 Å². The second-order valence-corrected chi connectivity index (χ2v) is 4.17. The highest BCUT2D eigenvalue weighted by Gasteiger charge is 2.11. The Hall–Kier alpha value is -3.16. The first-order valence-corrected chi connectivity index (χ1v) is 5.88. The molecule has 0 aliphatic heterocycles. The highest BCUT2D eigenvalue weighted by Crippen LogP contribution is 2.28. The van der Waals surface area contributed by atoms with Gasteiger partial charge in [-0.2, -0.15) is 0 Å². The minimum absolute atomic E-state index is 0.0682. The predicted octanol–water partition coefficient (Wildman–Crippen LogP) is 2.19. The maximum Gasteiger partial charge on any atom is 0.273 e. The van der Waals surface area contributed by atoms with Gasteiger partial charge >= 0.3 is 0 Å². The van der Waals surface area contributed by atoms with Crippen molar-refractivity contribution in [2.24, 2.45) is 10.9 Å². The third-order valence-corrected chi connectivity index (χ3v) is 2.71. The molecule has 3 N–H and O–H groups in total. The molecule has 21 heavy (non-hydrogen) atoms. The van der Waals surface area contributed by atoms with Crippen molar-refractivity contribution in [1.82, 2.24) is 4.98 Å². The predicted molar refractivity (Wildman–Crippen MR) is 74.7 cm³/mol. The van der Waals surface area contributed by atoms with Gasteiger partial charge in [-0.3, -0.25) is 15.1 Å². The van der Waals surface area contributed by atoms with E-state index >= 15 is 0 Å². The van der Waals surface area contributed by atoms with E-state index in [9.17, 15) is 10.1 Å². The fourth-order valence-corrected chi connectivity index (χ4v) is 1.61. The maximum absolute atomic E-state index is 10.8. The lowest BCUT2D eigenvalue weighted by Crippen LogP contribution is -2.14. The zero-order chi connectivity index (χ0) is 15.4. The Morgan fingerprint density at radius 1 is 1.43 bits per heavy atom. The van der Waals surface area contributed by atoms with E-state index in [1.54, 1.807) is 19.1 Å². The van der Waals surface area contributed by atoms with Crippen LogP contribution in [0.1, 0.15) is 11.3 Å². The number of benzene rings is 1. The number of nitrogens with two attached hydrogens (primary N) is 1. The topological polar surface area (TPSA) is 124 Å². The van der Waals surface area contributed by atoms with Crippen LogP contribution in [0.4, 0.5) is 5.69 Å². The van der Waals surface area contributed by atoms with Crippen LogP contribution >= 0.6 is 0 Å². The molecule has 0 radical (unpaired) electrons. The van der Waals surface area contributed by atoms with E-state index < -0.39 is 4.92 Å². The van der Waals surface area contributed by atoms with E-state index in [0.717, 1.165) is 5.56 Å². The first-order chi connectivity index (χ1) is 10.0. The molecule has 0 amide bonds. The summed E-state index contributed by atoms with van der Waals surface area (Å²) in [5, 5.41) is 22.2. The van der Waals surface area contributed by atoms with Gasteiger partial charge in [-0.15, -0.1) is 0 Å². The number of hydrogen-bond acceptors (Lipinski definition) is 6. The highest BCUT2D eigenvalue weighted by atomic mass is 16.6. The molecule has 0 saturated heterocycles. The second kappa shape index (κ2) is 5.87. The van der Waals surface area contributed by atoms with Gasteiger partial charge in [-0.25, -0.2) is 0 Å². The molecular formula is C13H12N4O4. The number of aryl methyl sites for hydroxylation is 1. The number of nitro benzene ring substituents is 1. The van der Waals surface area contributed by atoms with Crippen LogP contribution < -0.4 is 10.5 Å². The SMILES string of the molecule is Cc1ccc([N+](=O)[O-])cc1Oc1ccnc(C(N)=NO)c1. The molecule has 1 aromatic carbocycles. The van der Waals surface area contributed by atoms with E-state index in [-0.39, 0.29) is 17.2 Å². The number of pyridine rings is 1. The number of nitro groups is 1. The van der Waals surface area contributed by atoms with Crippen molar-refractivity contribution in [3.05, 3.63) is 57.9 Å². The van der Waals surface area contributed by atoms with Crippen LogP contribution in [0.3, 0.4) is 0 Å². The number of hydrogen-bond donors (Lipinski definition) is 2. The molecule has 2 rings (SSSR count). The summed E-state index contributed by atoms with van der Waals surface area (Å²) in [6.07, 6.45) is 1.43. The first-order valence-electron chi connectivity index (χ1n) is 5.88. The Bertz CT molecular complexity index is 715. The normalized spacial score (nSPS) is 11.2. The lowest BCUT2D eigenvalue weighted by atomic mass is 10.2. The van der Waals surface area contributed by atoms with Crippen LogP contribution in [0, 0.1) is 17.0 Å². The molecule has 2 aromatic rings. The number of aromatic nitrogens is 1. The van der Waals surface area contributed by atoms with Gasteiger partial charge in [0.25, 0.3) is 5.69 Å². The zero-order valence-electron chi connectivity index (χ0n) is 11.1. The Balaban J connectivity index is 2.34. The van der Waals surface area contributed by atoms with Crippen molar-refractivity contribution in [2.45, 2.75) is 6.92 Å². The summed E-state index contributed by atoms with van der Waals surface area (Å²) < 4.78 is 5.60. The lowest BCUT2D eigenvalue weighted by molar-refractivity contribution is -0.384. The molecule has 0 aliphatic rings. The summed E-state index contributed by atoms with van der Waals surface area (Å²) in [6, 6.07) is 7.36. The monoisotopic (exact) mass is 288 g/mol. The van der Waals surface area contributed by atoms with Gasteiger partial charge in [0.15, 0.2) is 5.84 Å². The smallest absolute Gasteiger partial charge is 0.273 e. The van der Waals surface area contributed by atoms with Crippen LogP contribution in [-0.2, 0) is 0 Å². The van der Waals surface area contributed by atoms with Crippen molar-refractivity contribution in [2.75, 3.05) is 0 Å². The van der Waals surface area contributed by atoms with Crippen molar-refractivity contribution in [3.8, 4) is 11.5 Å². The number of non-ortho nitro benzene ring substituents is 1. The zero-order valence-corrected chi connectivity index (χ0v) is 11.1. The molecule has 0 saturated carbocycles. The van der Waals surface area contributed by atoms with Gasteiger partial charge in [-0.05, 0) is 24.6 Å². The van der Waals surface area contributed by atoms with Gasteiger partial charge in [0.2, 0.25) is 0 Å². The summed E-state index contributed by atoms with van der Waals surface area (Å²) in [5.41, 5.74) is 6.35. The summed E-state index contributed by atoms with van der Waals surface area (Å²) in [4.78, 5) is 14.2.